The number of aliphatic imine (C=N–C) groups is 2. The van der Waals surface area contributed by atoms with Gasteiger partial charge in [-0.3, -0.25) is 0 Å². The molecule has 2 heterocycles. The van der Waals surface area contributed by atoms with Gasteiger partial charge < -0.3 is 0 Å². The zero-order valence-corrected chi connectivity index (χ0v) is 21.1. The minimum absolute atomic E-state index is 0.562. The smallest absolute Gasteiger partial charge is 0.211 e. The Hall–Kier alpha value is -2.09. The summed E-state index contributed by atoms with van der Waals surface area (Å²) in [5.41, 5.74) is 4.85. The van der Waals surface area contributed by atoms with E-state index >= 15 is 0 Å². The van der Waals surface area contributed by atoms with Crippen molar-refractivity contribution < 1.29 is 9.59 Å². The van der Waals surface area contributed by atoms with Crippen LogP contribution in [0.3, 0.4) is 0 Å². The Morgan fingerprint density at radius 1 is 0.677 bits per heavy atom. The van der Waals surface area contributed by atoms with E-state index in [2.05, 4.69) is 41.8 Å². The van der Waals surface area contributed by atoms with E-state index in [1.165, 1.54) is 0 Å². The van der Waals surface area contributed by atoms with Crippen molar-refractivity contribution in [3.63, 3.8) is 0 Å². The van der Waals surface area contributed by atoms with Gasteiger partial charge in [0.15, 0.2) is 0 Å². The average molecular weight is 590 g/mol. The molecule has 4 aromatic rings. The molecule has 0 fully saturated rings. The van der Waals surface area contributed by atoms with Gasteiger partial charge >= 0.3 is 0 Å². The molecule has 0 saturated carbocycles. The van der Waals surface area contributed by atoms with Gasteiger partial charge in [-0.05, 0) is 47.2 Å². The van der Waals surface area contributed by atoms with E-state index < -0.39 is 0 Å². The summed E-state index contributed by atoms with van der Waals surface area (Å²) in [6, 6.07) is 15.4. The third kappa shape index (κ3) is 4.89. The number of carbonyl (C=O) groups excluding carboxylic acids is 2. The molecule has 0 unspecified atom stereocenters. The number of rotatable bonds is 6. The predicted octanol–water partition coefficient (Wildman–Crippen LogP) is 8.75. The van der Waals surface area contributed by atoms with Crippen molar-refractivity contribution >= 4 is 89.8 Å². The molecule has 0 aliphatic heterocycles. The van der Waals surface area contributed by atoms with E-state index in [-0.39, 0.29) is 0 Å². The second-order valence-corrected chi connectivity index (χ2v) is 11.3. The van der Waals surface area contributed by atoms with E-state index in [0.717, 1.165) is 39.6 Å². The molecular formula is C22H10Br2N2O2S3. The lowest BCUT2D eigenvalue weighted by Gasteiger charge is -2.09. The number of thiophene rings is 2. The Kier molecular flexibility index (Phi) is 7.15. The molecule has 9 heteroatoms. The Balaban J connectivity index is 1.76. The first-order chi connectivity index (χ1) is 15.1. The van der Waals surface area contributed by atoms with Crippen LogP contribution in [0, 0.1) is 0 Å². The second-order valence-electron chi connectivity index (χ2n) is 6.07. The molecule has 4 nitrogen and oxygen atoms in total. The van der Waals surface area contributed by atoms with E-state index in [9.17, 15) is 9.59 Å². The first-order valence-corrected chi connectivity index (χ1v) is 12.9. The molecule has 2 aromatic carbocycles. The van der Waals surface area contributed by atoms with E-state index in [0.29, 0.717) is 11.4 Å². The molecule has 0 amide bonds. The molecule has 0 N–H and O–H groups in total. The largest absolute Gasteiger partial charge is 0.240 e. The van der Waals surface area contributed by atoms with Crippen LogP contribution in [-0.4, -0.2) is 12.2 Å². The van der Waals surface area contributed by atoms with Gasteiger partial charge in [0.25, 0.3) is 0 Å². The highest BCUT2D eigenvalue weighted by Crippen LogP contribution is 2.49. The van der Waals surface area contributed by atoms with Crippen LogP contribution in [0.1, 0.15) is 0 Å². The number of hydrogen-bond donors (Lipinski definition) is 0. The summed E-state index contributed by atoms with van der Waals surface area (Å²) >= 11 is 11.7. The van der Waals surface area contributed by atoms with Crippen molar-refractivity contribution in [3.05, 3.63) is 68.2 Å². The summed E-state index contributed by atoms with van der Waals surface area (Å²) in [4.78, 5) is 29.6. The molecule has 0 bridgehead atoms. The number of nitrogens with zero attached hydrogens (tertiary/aromatic N) is 2. The SMILES string of the molecule is O=C=Nc1cc(Br)ccc1-c1ccsc1Sc1sccc1-c1ccc(Br)cc1N=C=O. The maximum Gasteiger partial charge on any atom is 0.240 e. The summed E-state index contributed by atoms with van der Waals surface area (Å²) in [6.07, 6.45) is 3.28. The van der Waals surface area contributed by atoms with Gasteiger partial charge in [-0.25, -0.2) is 9.59 Å². The lowest BCUT2D eigenvalue weighted by atomic mass is 10.1. The molecule has 31 heavy (non-hydrogen) atoms. The zero-order chi connectivity index (χ0) is 21.8. The third-order valence-corrected chi connectivity index (χ3v) is 8.56. The van der Waals surface area contributed by atoms with Crippen LogP contribution in [-0.2, 0) is 9.59 Å². The predicted molar refractivity (Wildman–Crippen MR) is 135 cm³/mol. The van der Waals surface area contributed by atoms with E-state index in [4.69, 9.17) is 0 Å². The summed E-state index contributed by atoms with van der Waals surface area (Å²) in [5, 5.41) is 4.03. The van der Waals surface area contributed by atoms with Crippen molar-refractivity contribution in [1.29, 1.82) is 0 Å². The minimum Gasteiger partial charge on any atom is -0.211 e. The van der Waals surface area contributed by atoms with Crippen molar-refractivity contribution in [1.82, 2.24) is 0 Å². The van der Waals surface area contributed by atoms with Crippen LogP contribution < -0.4 is 0 Å². The van der Waals surface area contributed by atoms with Crippen molar-refractivity contribution in [2.45, 2.75) is 8.42 Å². The van der Waals surface area contributed by atoms with Crippen LogP contribution in [0.15, 0.2) is 86.6 Å². The lowest BCUT2D eigenvalue weighted by Crippen LogP contribution is -1.81. The fraction of sp³-hybridized carbons (Fsp3) is 0. The highest BCUT2D eigenvalue weighted by molar-refractivity contribution is 9.10. The fourth-order valence-corrected chi connectivity index (χ4v) is 7.07. The summed E-state index contributed by atoms with van der Waals surface area (Å²) in [7, 11) is 0. The monoisotopic (exact) mass is 588 g/mol. The Morgan fingerprint density at radius 2 is 1.13 bits per heavy atom. The van der Waals surface area contributed by atoms with Gasteiger partial charge in [0.2, 0.25) is 12.2 Å². The van der Waals surface area contributed by atoms with Gasteiger partial charge in [0.05, 0.1) is 19.8 Å². The first-order valence-electron chi connectivity index (χ1n) is 8.69. The maximum absolute atomic E-state index is 10.9. The van der Waals surface area contributed by atoms with E-state index in [1.54, 1.807) is 58.7 Å². The molecule has 0 radical (unpaired) electrons. The summed E-state index contributed by atoms with van der Waals surface area (Å²) in [5.74, 6) is 0. The molecule has 0 spiro atoms. The van der Waals surface area contributed by atoms with Gasteiger partial charge in [-0.2, -0.15) is 9.98 Å². The van der Waals surface area contributed by atoms with Gasteiger partial charge in [0.1, 0.15) is 0 Å². The Morgan fingerprint density at radius 3 is 1.55 bits per heavy atom. The maximum atomic E-state index is 10.9. The molecular weight excluding hydrogens is 580 g/mol. The van der Waals surface area contributed by atoms with Crippen LogP contribution >= 0.6 is 66.3 Å². The van der Waals surface area contributed by atoms with Gasteiger partial charge in [-0.1, -0.05) is 55.8 Å². The molecule has 152 valence electrons. The van der Waals surface area contributed by atoms with Crippen molar-refractivity contribution in [2.24, 2.45) is 9.98 Å². The zero-order valence-electron chi connectivity index (χ0n) is 15.5. The second kappa shape index (κ2) is 10.0. The fourth-order valence-electron chi connectivity index (χ4n) is 2.98. The minimum atomic E-state index is 0.562. The molecule has 0 aliphatic carbocycles. The topological polar surface area (TPSA) is 58.9 Å². The van der Waals surface area contributed by atoms with Crippen molar-refractivity contribution in [2.75, 3.05) is 0 Å². The van der Waals surface area contributed by atoms with Crippen molar-refractivity contribution in [3.8, 4) is 22.3 Å². The Labute approximate surface area is 207 Å². The van der Waals surface area contributed by atoms with Crippen LogP contribution in [0.25, 0.3) is 22.3 Å². The molecule has 0 atom stereocenters. The highest BCUT2D eigenvalue weighted by atomic mass is 79.9. The van der Waals surface area contributed by atoms with Crippen LogP contribution in [0.4, 0.5) is 11.4 Å². The Bertz CT molecular complexity index is 1260. The number of benzene rings is 2. The number of hydrogen-bond acceptors (Lipinski definition) is 7. The average Bonchev–Trinajstić information content (AvgIpc) is 3.39. The van der Waals surface area contributed by atoms with Crippen LogP contribution in [0.2, 0.25) is 0 Å². The lowest BCUT2D eigenvalue weighted by molar-refractivity contribution is 0.564. The quantitative estimate of drug-likeness (QED) is 0.167. The molecule has 0 aliphatic rings. The standard InChI is InChI=1S/C22H10Br2N2O2S3/c23-13-1-3-15(19(9-13)25-11-27)17-5-7-29-21(17)31-22-18(6-8-30-22)16-4-2-14(24)10-20(16)26-12-28/h1-10H. The molecule has 4 rings (SSSR count). The third-order valence-electron chi connectivity index (χ3n) is 4.28. The summed E-state index contributed by atoms with van der Waals surface area (Å²) in [6.45, 7) is 0. The normalized spacial score (nSPS) is 10.4. The number of isocyanates is 2. The first kappa shape index (κ1) is 22.1. The number of halogens is 2. The van der Waals surface area contributed by atoms with Crippen LogP contribution in [0.5, 0.6) is 0 Å². The van der Waals surface area contributed by atoms with Gasteiger partial charge in [-0.15, -0.1) is 22.7 Å². The summed E-state index contributed by atoms with van der Waals surface area (Å²) < 4.78 is 3.83. The molecule has 0 saturated heterocycles. The van der Waals surface area contributed by atoms with Gasteiger partial charge in [0, 0.05) is 31.2 Å². The highest BCUT2D eigenvalue weighted by Gasteiger charge is 2.17. The molecule has 2 aromatic heterocycles. The van der Waals surface area contributed by atoms with E-state index in [1.807, 2.05) is 47.2 Å².